The number of carbonyl (C=O) groups excluding carboxylic acids is 1. The Morgan fingerprint density at radius 2 is 2.12 bits per heavy atom. The highest BCUT2D eigenvalue weighted by molar-refractivity contribution is 7.99. The number of nitrogens with one attached hydrogen (secondary N) is 2. The van der Waals surface area contributed by atoms with Crippen molar-refractivity contribution in [2.24, 2.45) is 0 Å². The minimum absolute atomic E-state index is 0. The molecule has 1 atom stereocenters. The van der Waals surface area contributed by atoms with Gasteiger partial charge in [-0.1, -0.05) is 30.3 Å². The van der Waals surface area contributed by atoms with Gasteiger partial charge in [0.05, 0.1) is 6.04 Å². The number of hydrogen-bond donors (Lipinski definition) is 2. The standard InChI is InChI=1S/C18H20N2O2S.ClH/c1-13-5-2-3-6-14(13)10-22-16-8-4-7-15(9-16)20-18(21)17-11-23-12-19-17;/h2-9,17,19H,10-12H2,1H3,(H,20,21);1H. The maximum Gasteiger partial charge on any atom is 0.242 e. The monoisotopic (exact) mass is 364 g/mol. The van der Waals surface area contributed by atoms with E-state index < -0.39 is 0 Å². The molecule has 2 N–H and O–H groups in total. The second-order valence-electron chi connectivity index (χ2n) is 5.50. The third-order valence-electron chi connectivity index (χ3n) is 3.79. The van der Waals surface area contributed by atoms with Crippen molar-refractivity contribution in [2.45, 2.75) is 19.6 Å². The van der Waals surface area contributed by atoms with Crippen LogP contribution in [0.3, 0.4) is 0 Å². The molecule has 3 rings (SSSR count). The largest absolute Gasteiger partial charge is 0.489 e. The minimum Gasteiger partial charge on any atom is -0.489 e. The molecule has 128 valence electrons. The fourth-order valence-corrected chi connectivity index (χ4v) is 3.33. The van der Waals surface area contributed by atoms with Crippen molar-refractivity contribution in [1.82, 2.24) is 5.32 Å². The highest BCUT2D eigenvalue weighted by atomic mass is 35.5. The number of benzene rings is 2. The van der Waals surface area contributed by atoms with Gasteiger partial charge in [-0.15, -0.1) is 24.2 Å². The van der Waals surface area contributed by atoms with Gasteiger partial charge in [0.25, 0.3) is 0 Å². The van der Waals surface area contributed by atoms with Crippen molar-refractivity contribution in [3.05, 3.63) is 59.7 Å². The Morgan fingerprint density at radius 3 is 2.88 bits per heavy atom. The van der Waals surface area contributed by atoms with Crippen LogP contribution >= 0.6 is 24.2 Å². The van der Waals surface area contributed by atoms with Crippen molar-refractivity contribution >= 4 is 35.8 Å². The summed E-state index contributed by atoms with van der Waals surface area (Å²) in [7, 11) is 0. The normalized spacial score (nSPS) is 16.3. The molecular formula is C18H21ClN2O2S. The molecule has 0 aromatic heterocycles. The van der Waals surface area contributed by atoms with Crippen LogP contribution in [0.2, 0.25) is 0 Å². The average Bonchev–Trinajstić information content (AvgIpc) is 3.09. The van der Waals surface area contributed by atoms with E-state index in [9.17, 15) is 4.79 Å². The van der Waals surface area contributed by atoms with Gasteiger partial charge in [-0.25, -0.2) is 0 Å². The molecule has 1 aliphatic heterocycles. The van der Waals surface area contributed by atoms with E-state index in [2.05, 4.69) is 29.7 Å². The number of amides is 1. The second-order valence-corrected chi connectivity index (χ2v) is 6.53. The summed E-state index contributed by atoms with van der Waals surface area (Å²) in [5.74, 6) is 2.40. The fraction of sp³-hybridized carbons (Fsp3) is 0.278. The van der Waals surface area contributed by atoms with E-state index in [1.165, 1.54) is 5.56 Å². The Bertz CT molecular complexity index is 690. The molecule has 0 saturated carbocycles. The van der Waals surface area contributed by atoms with E-state index in [4.69, 9.17) is 4.74 Å². The van der Waals surface area contributed by atoms with Crippen molar-refractivity contribution in [3.63, 3.8) is 0 Å². The van der Waals surface area contributed by atoms with Crippen molar-refractivity contribution in [3.8, 4) is 5.75 Å². The molecule has 0 spiro atoms. The number of aryl methyl sites for hydroxylation is 1. The molecule has 0 bridgehead atoms. The SMILES string of the molecule is Cc1ccccc1COc1cccc(NC(=O)C2CSCN2)c1.Cl. The zero-order chi connectivity index (χ0) is 16.1. The van der Waals surface area contributed by atoms with Crippen LogP contribution < -0.4 is 15.4 Å². The molecule has 4 nitrogen and oxygen atoms in total. The first kappa shape index (κ1) is 18.6. The molecule has 0 aliphatic carbocycles. The quantitative estimate of drug-likeness (QED) is 0.851. The molecule has 2 aromatic carbocycles. The lowest BCUT2D eigenvalue weighted by Gasteiger charge is -2.12. The summed E-state index contributed by atoms with van der Waals surface area (Å²) < 4.78 is 5.85. The predicted molar refractivity (Wildman–Crippen MR) is 102 cm³/mol. The summed E-state index contributed by atoms with van der Waals surface area (Å²) in [6.45, 7) is 2.59. The lowest BCUT2D eigenvalue weighted by molar-refractivity contribution is -0.117. The summed E-state index contributed by atoms with van der Waals surface area (Å²) in [6, 6.07) is 15.6. The zero-order valence-corrected chi connectivity index (χ0v) is 15.1. The van der Waals surface area contributed by atoms with Crippen LogP contribution in [0, 0.1) is 6.92 Å². The molecule has 1 heterocycles. The number of rotatable bonds is 5. The number of anilines is 1. The number of hydrogen-bond acceptors (Lipinski definition) is 4. The first-order valence-corrected chi connectivity index (χ1v) is 8.77. The zero-order valence-electron chi connectivity index (χ0n) is 13.5. The smallest absolute Gasteiger partial charge is 0.242 e. The van der Waals surface area contributed by atoms with Crippen LogP contribution in [0.15, 0.2) is 48.5 Å². The van der Waals surface area contributed by atoms with Gasteiger partial charge in [0.2, 0.25) is 5.91 Å². The van der Waals surface area contributed by atoms with Crippen LogP contribution in [0.1, 0.15) is 11.1 Å². The van der Waals surface area contributed by atoms with E-state index in [0.717, 1.165) is 28.6 Å². The molecule has 1 unspecified atom stereocenters. The summed E-state index contributed by atoms with van der Waals surface area (Å²) in [5.41, 5.74) is 3.13. The molecule has 24 heavy (non-hydrogen) atoms. The lowest BCUT2D eigenvalue weighted by atomic mass is 10.1. The second kappa shape index (κ2) is 8.97. The number of carbonyl (C=O) groups is 1. The molecule has 2 aromatic rings. The summed E-state index contributed by atoms with van der Waals surface area (Å²) in [6.07, 6.45) is 0. The van der Waals surface area contributed by atoms with E-state index in [1.54, 1.807) is 11.8 Å². The van der Waals surface area contributed by atoms with E-state index in [-0.39, 0.29) is 24.4 Å². The van der Waals surface area contributed by atoms with E-state index >= 15 is 0 Å². The minimum atomic E-state index is -0.114. The maximum atomic E-state index is 12.1. The van der Waals surface area contributed by atoms with Gasteiger partial charge < -0.3 is 10.1 Å². The van der Waals surface area contributed by atoms with Gasteiger partial charge in [-0.05, 0) is 30.2 Å². The van der Waals surface area contributed by atoms with Gasteiger partial charge >= 0.3 is 0 Å². The van der Waals surface area contributed by atoms with Crippen LogP contribution in [-0.2, 0) is 11.4 Å². The summed E-state index contributed by atoms with van der Waals surface area (Å²) >= 11 is 1.73. The highest BCUT2D eigenvalue weighted by Gasteiger charge is 2.22. The predicted octanol–water partition coefficient (Wildman–Crippen LogP) is 3.60. The van der Waals surface area contributed by atoms with Gasteiger partial charge in [-0.2, -0.15) is 0 Å². The Morgan fingerprint density at radius 1 is 1.29 bits per heavy atom. The molecule has 1 aliphatic rings. The third-order valence-corrected chi connectivity index (χ3v) is 4.73. The fourth-order valence-electron chi connectivity index (χ4n) is 2.39. The summed E-state index contributed by atoms with van der Waals surface area (Å²) in [4.78, 5) is 12.1. The van der Waals surface area contributed by atoms with Gasteiger partial charge in [0.1, 0.15) is 12.4 Å². The third kappa shape index (κ3) is 4.90. The number of halogens is 1. The molecule has 6 heteroatoms. The molecule has 1 saturated heterocycles. The highest BCUT2D eigenvalue weighted by Crippen LogP contribution is 2.20. The van der Waals surface area contributed by atoms with Gasteiger partial charge in [0, 0.05) is 23.4 Å². The first-order valence-electron chi connectivity index (χ1n) is 7.62. The number of thioether (sulfide) groups is 1. The van der Waals surface area contributed by atoms with Gasteiger partial charge in [0.15, 0.2) is 0 Å². The molecule has 0 radical (unpaired) electrons. The summed E-state index contributed by atoms with van der Waals surface area (Å²) in [5, 5.41) is 6.10. The van der Waals surface area contributed by atoms with Crippen molar-refractivity contribution < 1.29 is 9.53 Å². The van der Waals surface area contributed by atoms with Gasteiger partial charge in [-0.3, -0.25) is 10.1 Å². The Labute approximate surface area is 152 Å². The molecular weight excluding hydrogens is 344 g/mol. The van der Waals surface area contributed by atoms with Crippen LogP contribution in [-0.4, -0.2) is 23.6 Å². The van der Waals surface area contributed by atoms with E-state index in [1.807, 2.05) is 36.4 Å². The van der Waals surface area contributed by atoms with Crippen LogP contribution in [0.5, 0.6) is 5.75 Å². The first-order chi connectivity index (χ1) is 11.2. The van der Waals surface area contributed by atoms with E-state index in [0.29, 0.717) is 6.61 Å². The van der Waals surface area contributed by atoms with Crippen molar-refractivity contribution in [2.75, 3.05) is 16.9 Å². The van der Waals surface area contributed by atoms with Crippen LogP contribution in [0.4, 0.5) is 5.69 Å². The maximum absolute atomic E-state index is 12.1. The lowest BCUT2D eigenvalue weighted by Crippen LogP contribution is -2.37. The topological polar surface area (TPSA) is 50.4 Å². The average molecular weight is 365 g/mol. The molecule has 1 amide bonds. The number of ether oxygens (including phenoxy) is 1. The Hall–Kier alpha value is -1.69. The van der Waals surface area contributed by atoms with Crippen LogP contribution in [0.25, 0.3) is 0 Å². The molecule has 1 fully saturated rings. The Balaban J connectivity index is 0.00000208. The van der Waals surface area contributed by atoms with Crippen molar-refractivity contribution in [1.29, 1.82) is 0 Å². The Kier molecular flexibility index (Phi) is 6.97.